The van der Waals surface area contributed by atoms with Gasteiger partial charge in [-0.2, -0.15) is 5.26 Å². The van der Waals surface area contributed by atoms with Crippen LogP contribution >= 0.6 is 11.3 Å². The Balaban J connectivity index is 1.72. The van der Waals surface area contributed by atoms with Crippen LogP contribution in [0.3, 0.4) is 0 Å². The summed E-state index contributed by atoms with van der Waals surface area (Å²) >= 11 is 1.51. The third-order valence-corrected chi connectivity index (χ3v) is 5.99. The molecule has 0 saturated heterocycles. The van der Waals surface area contributed by atoms with E-state index in [1.165, 1.54) is 28.3 Å². The SMILES string of the molecule is CCC1CCc2c(sc(NC(=O)Cc3ccc([N+](=O)[O-])cc3)c2C#N)C1. The van der Waals surface area contributed by atoms with Gasteiger partial charge in [-0.25, -0.2) is 0 Å². The van der Waals surface area contributed by atoms with Crippen LogP contribution in [0.4, 0.5) is 10.7 Å². The number of nitrogens with one attached hydrogen (secondary N) is 1. The molecule has 26 heavy (non-hydrogen) atoms. The third kappa shape index (κ3) is 3.75. The van der Waals surface area contributed by atoms with Crippen LogP contribution in [-0.2, 0) is 24.1 Å². The highest BCUT2D eigenvalue weighted by atomic mass is 32.1. The maximum atomic E-state index is 12.4. The van der Waals surface area contributed by atoms with Crippen molar-refractivity contribution in [3.8, 4) is 6.07 Å². The van der Waals surface area contributed by atoms with Gasteiger partial charge in [0.15, 0.2) is 0 Å². The second-order valence-electron chi connectivity index (χ2n) is 6.49. The lowest BCUT2D eigenvalue weighted by atomic mass is 9.86. The van der Waals surface area contributed by atoms with E-state index < -0.39 is 4.92 Å². The number of fused-ring (bicyclic) bond motifs is 1. The van der Waals surface area contributed by atoms with Gasteiger partial charge in [0.1, 0.15) is 11.1 Å². The first kappa shape index (κ1) is 18.1. The topological polar surface area (TPSA) is 96.0 Å². The van der Waals surface area contributed by atoms with Gasteiger partial charge in [-0.3, -0.25) is 14.9 Å². The smallest absolute Gasteiger partial charge is 0.269 e. The van der Waals surface area contributed by atoms with Gasteiger partial charge in [-0.05, 0) is 36.3 Å². The van der Waals surface area contributed by atoms with Crippen molar-refractivity contribution in [2.45, 2.75) is 39.0 Å². The summed E-state index contributed by atoms with van der Waals surface area (Å²) in [6.07, 6.45) is 4.20. The Kier molecular flexibility index (Phi) is 5.33. The Bertz CT molecular complexity index is 881. The molecular weight excluding hydrogens is 350 g/mol. The fourth-order valence-corrected chi connectivity index (χ4v) is 4.63. The van der Waals surface area contributed by atoms with Gasteiger partial charge in [0.25, 0.3) is 5.69 Å². The molecule has 1 heterocycles. The molecule has 0 aliphatic heterocycles. The highest BCUT2D eigenvalue weighted by Crippen LogP contribution is 2.40. The molecule has 0 spiro atoms. The molecule has 0 saturated carbocycles. The summed E-state index contributed by atoms with van der Waals surface area (Å²) in [5.74, 6) is 0.428. The number of carbonyl (C=O) groups is 1. The molecule has 1 aliphatic rings. The van der Waals surface area contributed by atoms with Gasteiger partial charge in [-0.15, -0.1) is 11.3 Å². The number of non-ortho nitro benzene ring substituents is 1. The molecule has 6 nitrogen and oxygen atoms in total. The van der Waals surface area contributed by atoms with Crippen molar-refractivity contribution in [2.24, 2.45) is 5.92 Å². The molecule has 3 rings (SSSR count). The van der Waals surface area contributed by atoms with Crippen molar-refractivity contribution in [3.05, 3.63) is 55.9 Å². The third-order valence-electron chi connectivity index (χ3n) is 4.82. The van der Waals surface area contributed by atoms with Crippen LogP contribution in [0.2, 0.25) is 0 Å². The number of nitriles is 1. The molecule has 1 unspecified atom stereocenters. The predicted molar refractivity (Wildman–Crippen MR) is 100 cm³/mol. The van der Waals surface area contributed by atoms with E-state index >= 15 is 0 Å². The summed E-state index contributed by atoms with van der Waals surface area (Å²) < 4.78 is 0. The minimum absolute atomic E-state index is 0.00247. The van der Waals surface area contributed by atoms with Crippen LogP contribution in [0.1, 0.15) is 41.3 Å². The summed E-state index contributed by atoms with van der Waals surface area (Å²) in [7, 11) is 0. The number of nitrogens with zero attached hydrogens (tertiary/aromatic N) is 2. The molecule has 1 N–H and O–H groups in total. The van der Waals surface area contributed by atoms with E-state index in [2.05, 4.69) is 18.3 Å². The molecule has 7 heteroatoms. The molecular formula is C19H19N3O3S. The summed E-state index contributed by atoms with van der Waals surface area (Å²) in [4.78, 5) is 23.8. The molecule has 0 fully saturated rings. The molecule has 0 radical (unpaired) electrons. The van der Waals surface area contributed by atoms with Crippen molar-refractivity contribution < 1.29 is 9.72 Å². The van der Waals surface area contributed by atoms with Crippen LogP contribution in [-0.4, -0.2) is 10.8 Å². The Morgan fingerprint density at radius 2 is 2.15 bits per heavy atom. The Hall–Kier alpha value is -2.72. The molecule has 1 atom stereocenters. The number of anilines is 1. The number of hydrogen-bond acceptors (Lipinski definition) is 5. The van der Waals surface area contributed by atoms with Crippen molar-refractivity contribution in [2.75, 3.05) is 5.32 Å². The summed E-state index contributed by atoms with van der Waals surface area (Å²) in [6.45, 7) is 2.18. The fraction of sp³-hybridized carbons (Fsp3) is 0.368. The number of amides is 1. The molecule has 0 bridgehead atoms. The van der Waals surface area contributed by atoms with Crippen LogP contribution in [0.15, 0.2) is 24.3 Å². The van der Waals surface area contributed by atoms with Crippen molar-refractivity contribution in [3.63, 3.8) is 0 Å². The maximum absolute atomic E-state index is 12.4. The van der Waals surface area contributed by atoms with Gasteiger partial charge in [0, 0.05) is 17.0 Å². The average molecular weight is 369 g/mol. The monoisotopic (exact) mass is 369 g/mol. The van der Waals surface area contributed by atoms with Gasteiger partial charge in [0.05, 0.1) is 16.9 Å². The molecule has 2 aromatic rings. The molecule has 1 aromatic heterocycles. The molecule has 134 valence electrons. The highest BCUT2D eigenvalue weighted by Gasteiger charge is 2.25. The number of carbonyl (C=O) groups excluding carboxylic acids is 1. The lowest BCUT2D eigenvalue weighted by Gasteiger charge is -2.20. The zero-order valence-electron chi connectivity index (χ0n) is 14.4. The second-order valence-corrected chi connectivity index (χ2v) is 7.59. The molecule has 1 amide bonds. The summed E-state index contributed by atoms with van der Waals surface area (Å²) in [5, 5.41) is 23.7. The van der Waals surface area contributed by atoms with E-state index in [1.54, 1.807) is 12.1 Å². The van der Waals surface area contributed by atoms with Gasteiger partial charge < -0.3 is 5.32 Å². The van der Waals surface area contributed by atoms with E-state index in [9.17, 15) is 20.2 Å². The number of rotatable bonds is 5. The maximum Gasteiger partial charge on any atom is 0.269 e. The van der Waals surface area contributed by atoms with E-state index in [0.29, 0.717) is 22.0 Å². The van der Waals surface area contributed by atoms with Crippen LogP contribution in [0.5, 0.6) is 0 Å². The first-order valence-corrected chi connectivity index (χ1v) is 9.41. The van der Waals surface area contributed by atoms with Crippen molar-refractivity contribution in [1.29, 1.82) is 5.26 Å². The lowest BCUT2D eigenvalue weighted by molar-refractivity contribution is -0.384. The van der Waals surface area contributed by atoms with E-state index in [0.717, 1.165) is 31.2 Å². The van der Waals surface area contributed by atoms with Crippen molar-refractivity contribution >= 4 is 27.9 Å². The number of hydrogen-bond donors (Lipinski definition) is 1. The van der Waals surface area contributed by atoms with Crippen LogP contribution < -0.4 is 5.32 Å². The average Bonchev–Trinajstić information content (AvgIpc) is 2.97. The second kappa shape index (κ2) is 7.67. The van der Waals surface area contributed by atoms with Gasteiger partial charge >= 0.3 is 0 Å². The predicted octanol–water partition coefficient (Wildman–Crippen LogP) is 4.22. The fourth-order valence-electron chi connectivity index (χ4n) is 3.30. The highest BCUT2D eigenvalue weighted by molar-refractivity contribution is 7.16. The summed E-state index contributed by atoms with van der Waals surface area (Å²) in [6, 6.07) is 8.18. The van der Waals surface area contributed by atoms with Gasteiger partial charge in [-0.1, -0.05) is 25.5 Å². The Morgan fingerprint density at radius 3 is 2.77 bits per heavy atom. The zero-order chi connectivity index (χ0) is 18.7. The first-order chi connectivity index (χ1) is 12.5. The quantitative estimate of drug-likeness (QED) is 0.630. The minimum Gasteiger partial charge on any atom is -0.316 e. The van der Waals surface area contributed by atoms with Crippen molar-refractivity contribution in [1.82, 2.24) is 0 Å². The van der Waals surface area contributed by atoms with E-state index in [-0.39, 0.29) is 18.0 Å². The largest absolute Gasteiger partial charge is 0.316 e. The Morgan fingerprint density at radius 1 is 1.42 bits per heavy atom. The van der Waals surface area contributed by atoms with E-state index in [4.69, 9.17) is 0 Å². The first-order valence-electron chi connectivity index (χ1n) is 8.59. The Labute approximate surface area is 155 Å². The van der Waals surface area contributed by atoms with Crippen LogP contribution in [0.25, 0.3) is 0 Å². The number of nitro groups is 1. The molecule has 1 aliphatic carbocycles. The summed E-state index contributed by atoms with van der Waals surface area (Å²) in [5.41, 5.74) is 2.38. The number of benzene rings is 1. The minimum atomic E-state index is -0.469. The van der Waals surface area contributed by atoms with E-state index in [1.807, 2.05) is 0 Å². The number of thiophene rings is 1. The van der Waals surface area contributed by atoms with Crippen LogP contribution in [0, 0.1) is 27.4 Å². The normalized spacial score (nSPS) is 15.8. The number of nitro benzene ring substituents is 1. The zero-order valence-corrected chi connectivity index (χ0v) is 15.3. The standard InChI is InChI=1S/C19H19N3O3S/c1-2-12-5-8-15-16(11-20)19(26-17(15)9-12)21-18(23)10-13-3-6-14(7-4-13)22(24)25/h3-4,6-7,12H,2,5,8-10H2,1H3,(H,21,23). The molecule has 1 aromatic carbocycles. The van der Waals surface area contributed by atoms with Gasteiger partial charge in [0.2, 0.25) is 5.91 Å². The lowest BCUT2D eigenvalue weighted by Crippen LogP contribution is -2.14.